The van der Waals surface area contributed by atoms with E-state index >= 15 is 0 Å². The average Bonchev–Trinajstić information content (AvgIpc) is 2.55. The van der Waals surface area contributed by atoms with Crippen LogP contribution in [0.15, 0.2) is 40.7 Å². The second kappa shape index (κ2) is 6.83. The molecule has 2 heterocycles. The van der Waals surface area contributed by atoms with Gasteiger partial charge in [0.15, 0.2) is 12.4 Å². The molecule has 0 radical (unpaired) electrons. The highest BCUT2D eigenvalue weighted by molar-refractivity contribution is 8.05. The van der Waals surface area contributed by atoms with Crippen molar-refractivity contribution in [2.75, 3.05) is 11.9 Å². The third-order valence-corrected chi connectivity index (χ3v) is 4.40. The van der Waals surface area contributed by atoms with Gasteiger partial charge < -0.3 is 10.1 Å². The summed E-state index contributed by atoms with van der Waals surface area (Å²) in [6.45, 7) is 0.0718. The van der Waals surface area contributed by atoms with Gasteiger partial charge in [0.2, 0.25) is 0 Å². The summed E-state index contributed by atoms with van der Waals surface area (Å²) in [4.78, 5) is 23.4. The first-order chi connectivity index (χ1) is 10.7. The van der Waals surface area contributed by atoms with Crippen molar-refractivity contribution in [3.05, 3.63) is 46.2 Å². The van der Waals surface area contributed by atoms with Crippen molar-refractivity contribution < 1.29 is 14.3 Å². The molecule has 0 bridgehead atoms. The summed E-state index contributed by atoms with van der Waals surface area (Å²) in [6.07, 6.45) is 4.93. The third kappa shape index (κ3) is 3.60. The van der Waals surface area contributed by atoms with E-state index in [-0.39, 0.29) is 18.3 Å². The van der Waals surface area contributed by atoms with E-state index in [0.717, 1.165) is 36.1 Å². The number of Topliss-reactive ketones (excluding diaryl/α,β-unsaturated/α-hetero) is 1. The summed E-state index contributed by atoms with van der Waals surface area (Å²) < 4.78 is 5.33. The van der Waals surface area contributed by atoms with Crippen LogP contribution in [0.25, 0.3) is 0 Å². The fourth-order valence-corrected chi connectivity index (χ4v) is 3.16. The molecule has 1 amide bonds. The Kier molecular flexibility index (Phi) is 4.63. The zero-order valence-electron chi connectivity index (χ0n) is 12.1. The van der Waals surface area contributed by atoms with Gasteiger partial charge in [0.05, 0.1) is 5.69 Å². The summed E-state index contributed by atoms with van der Waals surface area (Å²) in [5.74, 6) is 0.802. The number of carbonyl (C=O) groups excluding carboxylic acids is 2. The number of ether oxygens (including phenoxy) is 1. The van der Waals surface area contributed by atoms with Crippen LogP contribution in [0.5, 0.6) is 5.75 Å². The molecule has 0 atom stereocenters. The van der Waals surface area contributed by atoms with Crippen molar-refractivity contribution in [2.24, 2.45) is 0 Å². The summed E-state index contributed by atoms with van der Waals surface area (Å²) >= 11 is 1.56. The predicted molar refractivity (Wildman–Crippen MR) is 87.9 cm³/mol. The molecule has 1 aromatic rings. The van der Waals surface area contributed by atoms with Gasteiger partial charge in [-0.3, -0.25) is 9.59 Å². The molecule has 0 aromatic heterocycles. The van der Waals surface area contributed by atoms with Gasteiger partial charge >= 0.3 is 0 Å². The molecule has 114 valence electrons. The van der Waals surface area contributed by atoms with Crippen LogP contribution in [-0.2, 0) is 16.0 Å². The number of ketones is 1. The number of anilines is 1. The van der Waals surface area contributed by atoms with Crippen molar-refractivity contribution in [1.82, 2.24) is 0 Å². The smallest absolute Gasteiger partial charge is 0.262 e. The molecule has 5 heteroatoms. The minimum Gasteiger partial charge on any atom is -0.482 e. The lowest BCUT2D eigenvalue weighted by atomic mass is 10.0. The van der Waals surface area contributed by atoms with E-state index in [4.69, 9.17) is 4.74 Å². The maximum Gasteiger partial charge on any atom is 0.262 e. The normalized spacial score (nSPS) is 16.4. The molecule has 1 aromatic carbocycles. The first kappa shape index (κ1) is 14.9. The molecular weight excluding hydrogens is 298 g/mol. The van der Waals surface area contributed by atoms with Crippen LogP contribution in [0.4, 0.5) is 5.69 Å². The van der Waals surface area contributed by atoms with Crippen molar-refractivity contribution in [1.29, 1.82) is 0 Å². The van der Waals surface area contributed by atoms with Crippen LogP contribution in [0.1, 0.15) is 24.8 Å². The Bertz CT molecular complexity index is 664. The number of nitrogens with one attached hydrogen (secondary N) is 1. The quantitative estimate of drug-likeness (QED) is 0.904. The molecule has 0 aliphatic carbocycles. The molecule has 0 fully saturated rings. The van der Waals surface area contributed by atoms with E-state index in [1.54, 1.807) is 11.8 Å². The van der Waals surface area contributed by atoms with Gasteiger partial charge in [0.25, 0.3) is 5.91 Å². The third-order valence-electron chi connectivity index (χ3n) is 3.63. The number of fused-ring (bicyclic) bond motifs is 1. The van der Waals surface area contributed by atoms with Crippen LogP contribution in [-0.4, -0.2) is 18.3 Å². The molecule has 0 unspecified atom stereocenters. The number of hydrogen-bond donors (Lipinski definition) is 1. The number of thioether (sulfide) groups is 1. The SMILES string of the molecule is O=C1COc2ccc(CCCC(=O)C3=CSC=CC3)cc2N1. The van der Waals surface area contributed by atoms with Gasteiger partial charge in [-0.2, -0.15) is 0 Å². The minimum atomic E-state index is -0.130. The highest BCUT2D eigenvalue weighted by Crippen LogP contribution is 2.29. The van der Waals surface area contributed by atoms with Crippen LogP contribution in [0.3, 0.4) is 0 Å². The zero-order valence-corrected chi connectivity index (χ0v) is 12.9. The van der Waals surface area contributed by atoms with Crippen molar-refractivity contribution in [3.63, 3.8) is 0 Å². The first-order valence-corrected chi connectivity index (χ1v) is 8.25. The van der Waals surface area contributed by atoms with Gasteiger partial charge in [0.1, 0.15) is 5.75 Å². The topological polar surface area (TPSA) is 55.4 Å². The van der Waals surface area contributed by atoms with E-state index in [9.17, 15) is 9.59 Å². The molecule has 22 heavy (non-hydrogen) atoms. The molecule has 0 saturated carbocycles. The maximum atomic E-state index is 12.1. The number of carbonyl (C=O) groups is 2. The Morgan fingerprint density at radius 3 is 3.09 bits per heavy atom. The Morgan fingerprint density at radius 1 is 1.36 bits per heavy atom. The van der Waals surface area contributed by atoms with Gasteiger partial charge in [-0.25, -0.2) is 0 Å². The molecular formula is C17H17NO3S. The summed E-state index contributed by atoms with van der Waals surface area (Å²) in [5, 5.41) is 6.74. The Balaban J connectivity index is 1.53. The molecule has 4 nitrogen and oxygen atoms in total. The average molecular weight is 315 g/mol. The predicted octanol–water partition coefficient (Wildman–Crippen LogP) is 3.44. The van der Waals surface area contributed by atoms with Gasteiger partial charge in [-0.1, -0.05) is 12.1 Å². The standard InChI is InChI=1S/C17H17NO3S/c19-15(13-4-2-8-22-11-13)5-1-3-12-6-7-16-14(9-12)18-17(20)10-21-16/h2,6-9,11H,1,3-5,10H2,(H,18,20). The minimum absolute atomic E-state index is 0.0718. The van der Waals surface area contributed by atoms with Crippen molar-refractivity contribution in [3.8, 4) is 5.75 Å². The maximum absolute atomic E-state index is 12.1. The van der Waals surface area contributed by atoms with E-state index in [1.165, 1.54) is 0 Å². The Labute approximate surface area is 133 Å². The lowest BCUT2D eigenvalue weighted by Gasteiger charge is -2.18. The zero-order chi connectivity index (χ0) is 15.4. The highest BCUT2D eigenvalue weighted by atomic mass is 32.2. The molecule has 0 saturated heterocycles. The van der Waals surface area contributed by atoms with E-state index < -0.39 is 0 Å². The number of aryl methyl sites for hydroxylation is 1. The van der Waals surface area contributed by atoms with Gasteiger partial charge in [-0.05, 0) is 47.8 Å². The Morgan fingerprint density at radius 2 is 2.27 bits per heavy atom. The lowest BCUT2D eigenvalue weighted by Crippen LogP contribution is -2.25. The van der Waals surface area contributed by atoms with Crippen molar-refractivity contribution >= 4 is 29.1 Å². The van der Waals surface area contributed by atoms with Gasteiger partial charge in [0, 0.05) is 12.0 Å². The molecule has 2 aliphatic heterocycles. The lowest BCUT2D eigenvalue weighted by molar-refractivity contribution is -0.118. The number of rotatable bonds is 5. The summed E-state index contributed by atoms with van der Waals surface area (Å²) in [5.41, 5.74) is 2.72. The van der Waals surface area contributed by atoms with E-state index in [2.05, 4.69) is 5.32 Å². The van der Waals surface area contributed by atoms with Crippen LogP contribution in [0.2, 0.25) is 0 Å². The van der Waals surface area contributed by atoms with E-state index in [1.807, 2.05) is 35.1 Å². The number of benzene rings is 1. The second-order valence-corrected chi connectivity index (χ2v) is 6.08. The van der Waals surface area contributed by atoms with Crippen LogP contribution < -0.4 is 10.1 Å². The van der Waals surface area contributed by atoms with Crippen molar-refractivity contribution in [2.45, 2.75) is 25.7 Å². The summed E-state index contributed by atoms with van der Waals surface area (Å²) in [7, 11) is 0. The molecule has 0 spiro atoms. The summed E-state index contributed by atoms with van der Waals surface area (Å²) in [6, 6.07) is 5.78. The number of hydrogen-bond acceptors (Lipinski definition) is 4. The van der Waals surface area contributed by atoms with E-state index in [0.29, 0.717) is 12.2 Å². The fourth-order valence-electron chi connectivity index (χ4n) is 2.48. The second-order valence-electron chi connectivity index (χ2n) is 5.30. The highest BCUT2D eigenvalue weighted by Gasteiger charge is 2.16. The first-order valence-electron chi connectivity index (χ1n) is 7.30. The molecule has 3 rings (SSSR count). The largest absolute Gasteiger partial charge is 0.482 e. The number of amides is 1. The van der Waals surface area contributed by atoms with Crippen LogP contribution in [0, 0.1) is 0 Å². The Hall–Kier alpha value is -2.01. The monoisotopic (exact) mass is 315 g/mol. The molecule has 2 aliphatic rings. The van der Waals surface area contributed by atoms with Gasteiger partial charge in [-0.15, -0.1) is 11.8 Å². The van der Waals surface area contributed by atoms with Crippen LogP contribution >= 0.6 is 11.8 Å². The fraction of sp³-hybridized carbons (Fsp3) is 0.294. The molecule has 1 N–H and O–H groups in total. The number of allylic oxidation sites excluding steroid dienone is 2.